The Labute approximate surface area is 137 Å². The van der Waals surface area contributed by atoms with Crippen LogP contribution >= 0.6 is 22.6 Å². The predicted octanol–water partition coefficient (Wildman–Crippen LogP) is 2.99. The van der Waals surface area contributed by atoms with E-state index in [9.17, 15) is 14.9 Å². The molecule has 0 aromatic heterocycles. The lowest BCUT2D eigenvalue weighted by Gasteiger charge is -2.08. The fourth-order valence-corrected chi connectivity index (χ4v) is 2.13. The Morgan fingerprint density at radius 2 is 2.14 bits per heavy atom. The average Bonchev–Trinajstić information content (AvgIpc) is 2.42. The second kappa shape index (κ2) is 8.93. The molecule has 6 nitrogen and oxygen atoms in total. The Morgan fingerprint density at radius 3 is 2.76 bits per heavy atom. The largest absolute Gasteiger partial charge is 0.380 e. The van der Waals surface area contributed by atoms with Crippen LogP contribution in [0.1, 0.15) is 30.6 Å². The molecule has 0 saturated carbocycles. The fraction of sp³-hybridized carbons (Fsp3) is 0.500. The maximum atomic E-state index is 12.0. The second-order valence-corrected chi connectivity index (χ2v) is 6.13. The van der Waals surface area contributed by atoms with Crippen molar-refractivity contribution in [1.82, 2.24) is 5.32 Å². The van der Waals surface area contributed by atoms with E-state index in [4.69, 9.17) is 4.74 Å². The third-order valence-corrected chi connectivity index (χ3v) is 3.72. The maximum Gasteiger partial charge on any atom is 0.270 e. The molecule has 0 heterocycles. The van der Waals surface area contributed by atoms with Crippen molar-refractivity contribution in [3.63, 3.8) is 0 Å². The molecule has 0 aliphatic heterocycles. The van der Waals surface area contributed by atoms with Crippen LogP contribution in [0.5, 0.6) is 0 Å². The summed E-state index contributed by atoms with van der Waals surface area (Å²) >= 11 is 1.98. The van der Waals surface area contributed by atoms with Crippen molar-refractivity contribution < 1.29 is 14.5 Å². The van der Waals surface area contributed by atoms with Gasteiger partial charge < -0.3 is 10.1 Å². The molecule has 0 radical (unpaired) electrons. The van der Waals surface area contributed by atoms with Crippen molar-refractivity contribution in [3.05, 3.63) is 37.4 Å². The summed E-state index contributed by atoms with van der Waals surface area (Å²) in [5.41, 5.74) is 0.223. The first-order valence-corrected chi connectivity index (χ1v) is 7.79. The Bertz CT molecular complexity index is 506. The summed E-state index contributed by atoms with van der Waals surface area (Å²) in [6.45, 7) is 5.73. The highest BCUT2D eigenvalue weighted by atomic mass is 127. The lowest BCUT2D eigenvalue weighted by molar-refractivity contribution is -0.384. The molecule has 0 bridgehead atoms. The smallest absolute Gasteiger partial charge is 0.270 e. The topological polar surface area (TPSA) is 81.5 Å². The number of carbonyl (C=O) groups is 1. The number of nitro benzene ring substituents is 1. The number of carbonyl (C=O) groups excluding carboxylic acids is 1. The number of nitro groups is 1. The van der Waals surface area contributed by atoms with E-state index in [1.807, 2.05) is 22.6 Å². The predicted molar refractivity (Wildman–Crippen MR) is 88.4 cm³/mol. The molecule has 1 amide bonds. The number of hydrogen-bond donors (Lipinski definition) is 1. The van der Waals surface area contributed by atoms with Crippen LogP contribution < -0.4 is 5.32 Å². The molecule has 1 rings (SSSR count). The number of ether oxygens (including phenoxy) is 1. The molecule has 0 aliphatic carbocycles. The van der Waals surface area contributed by atoms with E-state index < -0.39 is 4.92 Å². The van der Waals surface area contributed by atoms with E-state index in [-0.39, 0.29) is 11.6 Å². The number of hydrogen-bond acceptors (Lipinski definition) is 4. The van der Waals surface area contributed by atoms with Crippen molar-refractivity contribution >= 4 is 34.2 Å². The van der Waals surface area contributed by atoms with Crippen LogP contribution in [-0.2, 0) is 4.74 Å². The number of nitrogens with one attached hydrogen (secondary N) is 1. The van der Waals surface area contributed by atoms with Crippen LogP contribution in [0.4, 0.5) is 5.69 Å². The lowest BCUT2D eigenvalue weighted by Crippen LogP contribution is -2.28. The monoisotopic (exact) mass is 406 g/mol. The molecule has 21 heavy (non-hydrogen) atoms. The van der Waals surface area contributed by atoms with Gasteiger partial charge in [0.2, 0.25) is 0 Å². The zero-order chi connectivity index (χ0) is 15.8. The second-order valence-electron chi connectivity index (χ2n) is 4.97. The van der Waals surface area contributed by atoms with Gasteiger partial charge >= 0.3 is 0 Å². The highest BCUT2D eigenvalue weighted by molar-refractivity contribution is 14.1. The number of amides is 1. The normalized spacial score (nSPS) is 10.7. The maximum absolute atomic E-state index is 12.0. The van der Waals surface area contributed by atoms with Gasteiger partial charge in [0.05, 0.1) is 17.1 Å². The summed E-state index contributed by atoms with van der Waals surface area (Å²) in [5, 5.41) is 13.4. The summed E-state index contributed by atoms with van der Waals surface area (Å²) in [6.07, 6.45) is 0.983. The van der Waals surface area contributed by atoms with Crippen LogP contribution in [0.15, 0.2) is 18.2 Å². The van der Waals surface area contributed by atoms with E-state index in [2.05, 4.69) is 19.2 Å². The molecule has 0 atom stereocenters. The standard InChI is InChI=1S/C14H19IN2O4/c1-10(2)5-7-21-8-6-16-14(18)12-9-11(17(19)20)3-4-13(12)15/h3-4,9-10H,5-8H2,1-2H3,(H,16,18). The van der Waals surface area contributed by atoms with Gasteiger partial charge in [-0.2, -0.15) is 0 Å². The summed E-state index contributed by atoms with van der Waals surface area (Å²) in [4.78, 5) is 22.2. The summed E-state index contributed by atoms with van der Waals surface area (Å²) < 4.78 is 6.08. The van der Waals surface area contributed by atoms with Crippen LogP contribution in [0.3, 0.4) is 0 Å². The molecular weight excluding hydrogens is 387 g/mol. The molecule has 7 heteroatoms. The van der Waals surface area contributed by atoms with Crippen molar-refractivity contribution in [2.75, 3.05) is 19.8 Å². The Hall–Kier alpha value is -1.22. The highest BCUT2D eigenvalue weighted by Gasteiger charge is 2.14. The molecule has 0 spiro atoms. The summed E-state index contributed by atoms with van der Waals surface area (Å²) in [6, 6.07) is 4.23. The van der Waals surface area contributed by atoms with Gasteiger partial charge in [0.1, 0.15) is 0 Å². The van der Waals surface area contributed by atoms with Gasteiger partial charge in [-0.1, -0.05) is 13.8 Å². The van der Waals surface area contributed by atoms with Crippen molar-refractivity contribution in [3.8, 4) is 0 Å². The van der Waals surface area contributed by atoms with Crippen molar-refractivity contribution in [2.24, 2.45) is 5.92 Å². The van der Waals surface area contributed by atoms with E-state index in [1.54, 1.807) is 6.07 Å². The molecule has 0 saturated heterocycles. The van der Waals surface area contributed by atoms with Crippen LogP contribution in [-0.4, -0.2) is 30.6 Å². The molecule has 0 aliphatic rings. The van der Waals surface area contributed by atoms with Gasteiger partial charge in [-0.25, -0.2) is 0 Å². The van der Waals surface area contributed by atoms with Gasteiger partial charge in [0, 0.05) is 28.9 Å². The van der Waals surface area contributed by atoms with Gasteiger partial charge in [-0.15, -0.1) is 0 Å². The van der Waals surface area contributed by atoms with E-state index >= 15 is 0 Å². The molecular formula is C14H19IN2O4. The van der Waals surface area contributed by atoms with Crippen LogP contribution in [0, 0.1) is 19.6 Å². The van der Waals surface area contributed by atoms with E-state index in [1.165, 1.54) is 12.1 Å². The molecule has 1 aromatic carbocycles. The number of nitrogens with zero attached hydrogens (tertiary/aromatic N) is 1. The summed E-state index contributed by atoms with van der Waals surface area (Å²) in [5.74, 6) is 0.265. The number of non-ortho nitro benzene ring substituents is 1. The van der Waals surface area contributed by atoms with Gasteiger partial charge in [0.15, 0.2) is 0 Å². The van der Waals surface area contributed by atoms with Gasteiger partial charge in [-0.3, -0.25) is 14.9 Å². The first-order valence-electron chi connectivity index (χ1n) is 6.71. The zero-order valence-corrected chi connectivity index (χ0v) is 14.3. The van der Waals surface area contributed by atoms with Crippen molar-refractivity contribution in [2.45, 2.75) is 20.3 Å². The third kappa shape index (κ3) is 6.38. The number of halogens is 1. The Kier molecular flexibility index (Phi) is 7.58. The van der Waals surface area contributed by atoms with E-state index in [0.29, 0.717) is 34.8 Å². The SMILES string of the molecule is CC(C)CCOCCNC(=O)c1cc([N+](=O)[O-])ccc1I. The number of rotatable bonds is 8. The highest BCUT2D eigenvalue weighted by Crippen LogP contribution is 2.19. The van der Waals surface area contributed by atoms with E-state index in [0.717, 1.165) is 6.42 Å². The fourth-order valence-electron chi connectivity index (χ4n) is 1.55. The van der Waals surface area contributed by atoms with Gasteiger partial charge in [0.25, 0.3) is 11.6 Å². The molecule has 1 aromatic rings. The minimum atomic E-state index is -0.512. The van der Waals surface area contributed by atoms with Crippen molar-refractivity contribution in [1.29, 1.82) is 0 Å². The van der Waals surface area contributed by atoms with Gasteiger partial charge in [-0.05, 0) is 41.0 Å². The lowest BCUT2D eigenvalue weighted by atomic mass is 10.1. The third-order valence-electron chi connectivity index (χ3n) is 2.78. The number of benzene rings is 1. The quantitative estimate of drug-likeness (QED) is 0.312. The Morgan fingerprint density at radius 1 is 1.43 bits per heavy atom. The molecule has 0 fully saturated rings. The minimum absolute atomic E-state index is 0.0891. The summed E-state index contributed by atoms with van der Waals surface area (Å²) in [7, 11) is 0. The Balaban J connectivity index is 2.45. The van der Waals surface area contributed by atoms with Crippen LogP contribution in [0.2, 0.25) is 0 Å². The molecule has 116 valence electrons. The zero-order valence-electron chi connectivity index (χ0n) is 12.1. The first-order chi connectivity index (χ1) is 9.91. The average molecular weight is 406 g/mol. The minimum Gasteiger partial charge on any atom is -0.380 e. The van der Waals surface area contributed by atoms with Crippen LogP contribution in [0.25, 0.3) is 0 Å². The first kappa shape index (κ1) is 17.8. The molecule has 1 N–H and O–H groups in total. The molecule has 0 unspecified atom stereocenters.